The zero-order valence-corrected chi connectivity index (χ0v) is 38.0. The molecule has 0 heterocycles. The number of nitrogens with zero attached hydrogens (tertiary/aromatic N) is 4. The van der Waals surface area contributed by atoms with Crippen LogP contribution in [-0.2, 0) is 0 Å². The highest BCUT2D eigenvalue weighted by molar-refractivity contribution is 6.23. The molecule has 0 saturated heterocycles. The van der Waals surface area contributed by atoms with E-state index in [1.165, 1.54) is 0 Å². The van der Waals surface area contributed by atoms with Crippen molar-refractivity contribution in [1.82, 2.24) is 0 Å². The third kappa shape index (κ3) is 8.53. The lowest BCUT2D eigenvalue weighted by Crippen LogP contribution is -2.19. The summed E-state index contributed by atoms with van der Waals surface area (Å²) in [6.45, 7) is 8.44. The average molecular weight is 855 g/mol. The average Bonchev–Trinajstić information content (AvgIpc) is 3.38. The van der Waals surface area contributed by atoms with Gasteiger partial charge >= 0.3 is 0 Å². The zero-order valence-electron chi connectivity index (χ0n) is 38.0. The zero-order chi connectivity index (χ0) is 45.2. The van der Waals surface area contributed by atoms with Crippen LogP contribution in [0.3, 0.4) is 0 Å². The monoisotopic (exact) mass is 854 g/mol. The van der Waals surface area contributed by atoms with Gasteiger partial charge in [-0.25, -0.2) is 0 Å². The first-order valence-corrected chi connectivity index (χ1v) is 22.8. The molecule has 0 aliphatic heterocycles. The molecule has 0 radical (unpaired) electrons. The normalized spacial score (nSPS) is 12.0. The van der Waals surface area contributed by atoms with Gasteiger partial charge in [0.1, 0.15) is 0 Å². The first-order chi connectivity index (χ1) is 32.6. The van der Waals surface area contributed by atoms with Gasteiger partial charge in [-0.05, 0) is 137 Å². The molecule has 0 saturated carbocycles. The topological polar surface area (TPSA) is 13.0 Å². The Kier molecular flexibility index (Phi) is 13.0. The van der Waals surface area contributed by atoms with Crippen molar-refractivity contribution in [2.24, 2.45) is 0 Å². The molecule has 66 heavy (non-hydrogen) atoms. The Morgan fingerprint density at radius 3 is 0.818 bits per heavy atom. The first kappa shape index (κ1) is 42.9. The molecule has 0 fully saturated rings. The highest BCUT2D eigenvalue weighted by Gasteiger charge is 2.28. The summed E-state index contributed by atoms with van der Waals surface area (Å²) in [6.07, 6.45) is 13.1. The maximum absolute atomic E-state index is 2.44. The number of benzene rings is 9. The van der Waals surface area contributed by atoms with Crippen LogP contribution in [-0.4, -0.2) is 0 Å². The Hall–Kier alpha value is -8.34. The number of para-hydroxylation sites is 6. The number of anilines is 10. The van der Waals surface area contributed by atoms with Crippen molar-refractivity contribution in [2.45, 2.75) is 27.7 Å². The molecule has 9 aromatic carbocycles. The summed E-state index contributed by atoms with van der Waals surface area (Å²) in [5.74, 6) is 0. The Labute approximate surface area is 390 Å². The van der Waals surface area contributed by atoms with Gasteiger partial charge in [0.2, 0.25) is 0 Å². The fourth-order valence-electron chi connectivity index (χ4n) is 9.03. The molecule has 0 spiro atoms. The predicted molar refractivity (Wildman–Crippen MR) is 285 cm³/mol. The molecule has 4 heteroatoms. The minimum Gasteiger partial charge on any atom is -0.310 e. The molecule has 9 rings (SSSR count). The van der Waals surface area contributed by atoms with E-state index in [9.17, 15) is 0 Å². The van der Waals surface area contributed by atoms with E-state index in [-0.39, 0.29) is 0 Å². The van der Waals surface area contributed by atoms with Gasteiger partial charge in [0.15, 0.2) is 0 Å². The van der Waals surface area contributed by atoms with E-state index in [0.29, 0.717) is 0 Å². The van der Waals surface area contributed by atoms with Crippen molar-refractivity contribution in [2.75, 3.05) is 19.6 Å². The fourth-order valence-corrected chi connectivity index (χ4v) is 9.03. The van der Waals surface area contributed by atoms with Gasteiger partial charge in [0, 0.05) is 78.4 Å². The smallest absolute Gasteiger partial charge is 0.0620 e. The Morgan fingerprint density at radius 1 is 0.288 bits per heavy atom. The molecular weight excluding hydrogens is 801 g/mol. The van der Waals surface area contributed by atoms with E-state index >= 15 is 0 Å². The summed E-state index contributed by atoms with van der Waals surface area (Å²) in [7, 11) is 0. The number of hydrogen-bond acceptors (Lipinski definition) is 4. The van der Waals surface area contributed by atoms with Crippen molar-refractivity contribution in [3.8, 4) is 0 Å². The van der Waals surface area contributed by atoms with Gasteiger partial charge in [0.05, 0.1) is 11.4 Å². The van der Waals surface area contributed by atoms with E-state index < -0.39 is 0 Å². The van der Waals surface area contributed by atoms with E-state index in [2.05, 4.69) is 302 Å². The van der Waals surface area contributed by atoms with Crippen LogP contribution in [0, 0.1) is 0 Å². The second-order valence-electron chi connectivity index (χ2n) is 15.9. The number of fused-ring (bicyclic) bond motifs is 2. The van der Waals surface area contributed by atoms with Crippen LogP contribution in [0.15, 0.2) is 266 Å². The molecule has 0 aliphatic rings. The molecule has 0 N–H and O–H groups in total. The fraction of sp³-hybridized carbons (Fsp3) is 0.0645. The van der Waals surface area contributed by atoms with E-state index in [1.54, 1.807) is 0 Å². The van der Waals surface area contributed by atoms with Crippen LogP contribution < -0.4 is 19.6 Å². The van der Waals surface area contributed by atoms with Gasteiger partial charge in [-0.3, -0.25) is 0 Å². The Bertz CT molecular complexity index is 2860. The number of rotatable bonds is 14. The molecular formula is C62H54N4. The second-order valence-corrected chi connectivity index (χ2v) is 15.9. The van der Waals surface area contributed by atoms with Crippen LogP contribution in [0.4, 0.5) is 56.9 Å². The SMILES string of the molecule is C/C=C\C(=C/C)N(c1ccccc1)c1c2ccc(N(c3ccccc3)c3ccccc3)cc2c(N(C(/C=C\C)=C/C)c2ccccc2)c2ccc(N(c3ccccc3)c3ccccc3)cc12. The molecule has 0 unspecified atom stereocenters. The lowest BCUT2D eigenvalue weighted by molar-refractivity contribution is 1.20. The molecule has 0 bridgehead atoms. The van der Waals surface area contributed by atoms with Gasteiger partial charge in [-0.1, -0.05) is 146 Å². The molecule has 0 amide bonds. The molecule has 0 aromatic heterocycles. The van der Waals surface area contributed by atoms with E-state index in [0.717, 1.165) is 89.8 Å². The second kappa shape index (κ2) is 20.0. The summed E-state index contributed by atoms with van der Waals surface area (Å²) in [6, 6.07) is 78.3. The lowest BCUT2D eigenvalue weighted by atomic mass is 9.93. The quantitative estimate of drug-likeness (QED) is 0.0614. The predicted octanol–water partition coefficient (Wildman–Crippen LogP) is 18.2. The molecule has 0 atom stereocenters. The van der Waals surface area contributed by atoms with Crippen LogP contribution in [0.5, 0.6) is 0 Å². The Balaban J connectivity index is 1.49. The van der Waals surface area contributed by atoms with Gasteiger partial charge in [-0.15, -0.1) is 0 Å². The lowest BCUT2D eigenvalue weighted by Gasteiger charge is -2.35. The third-order valence-corrected chi connectivity index (χ3v) is 11.9. The molecule has 322 valence electrons. The molecule has 9 aromatic rings. The largest absolute Gasteiger partial charge is 0.310 e. The van der Waals surface area contributed by atoms with Crippen molar-refractivity contribution in [3.05, 3.63) is 266 Å². The van der Waals surface area contributed by atoms with Crippen LogP contribution in [0.25, 0.3) is 21.5 Å². The summed E-state index contributed by atoms with van der Waals surface area (Å²) in [5, 5.41) is 4.42. The van der Waals surface area contributed by atoms with Crippen molar-refractivity contribution in [3.63, 3.8) is 0 Å². The molecule has 4 nitrogen and oxygen atoms in total. The standard InChI is InChI=1S/C62H54N4/c1-5-27-47(7-3)65(53-37-23-13-24-38-53)61-57-43-41-56(64(51-33-19-11-20-34-51)52-35-21-12-22-36-52)46-60(57)62(66(48(8-4)28-6-2)54-39-25-14-26-40-54)58-44-42-55(45-59(58)61)63(49-29-15-9-16-30-49)50-31-17-10-18-32-50/h5-46H,1-4H3/b27-5-,28-6-,47-7+,48-8+. The van der Waals surface area contributed by atoms with Gasteiger partial charge in [-0.2, -0.15) is 0 Å². The summed E-state index contributed by atoms with van der Waals surface area (Å²) in [4.78, 5) is 9.59. The van der Waals surface area contributed by atoms with Crippen molar-refractivity contribution < 1.29 is 0 Å². The highest BCUT2D eigenvalue weighted by atomic mass is 15.2. The van der Waals surface area contributed by atoms with E-state index in [4.69, 9.17) is 0 Å². The van der Waals surface area contributed by atoms with E-state index in [1.807, 2.05) is 0 Å². The molecule has 0 aliphatic carbocycles. The summed E-state index contributed by atoms with van der Waals surface area (Å²) < 4.78 is 0. The third-order valence-electron chi connectivity index (χ3n) is 11.9. The van der Waals surface area contributed by atoms with Crippen LogP contribution in [0.2, 0.25) is 0 Å². The number of allylic oxidation sites excluding steroid dienone is 6. The van der Waals surface area contributed by atoms with Gasteiger partial charge in [0.25, 0.3) is 0 Å². The minimum absolute atomic E-state index is 1.05. The van der Waals surface area contributed by atoms with Crippen molar-refractivity contribution >= 4 is 78.4 Å². The minimum atomic E-state index is 1.05. The van der Waals surface area contributed by atoms with Crippen molar-refractivity contribution in [1.29, 1.82) is 0 Å². The van der Waals surface area contributed by atoms with Gasteiger partial charge < -0.3 is 19.6 Å². The van der Waals surface area contributed by atoms with Crippen LogP contribution in [0.1, 0.15) is 27.7 Å². The Morgan fingerprint density at radius 2 is 0.561 bits per heavy atom. The maximum atomic E-state index is 2.44. The first-order valence-electron chi connectivity index (χ1n) is 22.8. The summed E-state index contributed by atoms with van der Waals surface area (Å²) >= 11 is 0. The van der Waals surface area contributed by atoms with Crippen LogP contribution >= 0.6 is 0 Å². The summed E-state index contributed by atoms with van der Waals surface area (Å²) in [5.41, 5.74) is 12.8. The number of hydrogen-bond donors (Lipinski definition) is 0. The highest BCUT2D eigenvalue weighted by Crippen LogP contribution is 2.52. The maximum Gasteiger partial charge on any atom is 0.0620 e.